The highest BCUT2D eigenvalue weighted by molar-refractivity contribution is 14.1. The fourth-order valence-electron chi connectivity index (χ4n) is 3.97. The molecule has 2 aliphatic rings. The van der Waals surface area contributed by atoms with Crippen LogP contribution in [0.25, 0.3) is 6.08 Å². The predicted molar refractivity (Wildman–Crippen MR) is 160 cm³/mol. The molecule has 0 atom stereocenters. The predicted octanol–water partition coefficient (Wildman–Crippen LogP) is 6.14. The van der Waals surface area contributed by atoms with Gasteiger partial charge in [0.2, 0.25) is 6.79 Å². The Labute approximate surface area is 252 Å². The number of nitrogens with one attached hydrogen (secondary N) is 1. The van der Waals surface area contributed by atoms with E-state index in [1.807, 2.05) is 25.1 Å². The number of nitrogens with zero attached hydrogens (tertiary/aromatic N) is 1. The molecule has 1 N–H and O–H groups in total. The molecule has 1 fully saturated rings. The van der Waals surface area contributed by atoms with Crippen LogP contribution in [0.1, 0.15) is 18.1 Å². The fraction of sp³-hybridized carbons (Fsp3) is 0.148. The van der Waals surface area contributed by atoms with Gasteiger partial charge in [0.25, 0.3) is 11.8 Å². The average Bonchev–Trinajstić information content (AvgIpc) is 3.37. The van der Waals surface area contributed by atoms with Crippen LogP contribution in [0.4, 0.5) is 5.69 Å². The van der Waals surface area contributed by atoms with Gasteiger partial charge in [-0.25, -0.2) is 0 Å². The van der Waals surface area contributed by atoms with Crippen molar-refractivity contribution in [2.45, 2.75) is 13.5 Å². The van der Waals surface area contributed by atoms with E-state index in [0.29, 0.717) is 35.2 Å². The van der Waals surface area contributed by atoms with Crippen LogP contribution < -0.4 is 29.2 Å². The number of halogens is 3. The van der Waals surface area contributed by atoms with Crippen molar-refractivity contribution in [2.75, 3.05) is 18.3 Å². The molecule has 5 rings (SSSR count). The number of benzene rings is 3. The highest BCUT2D eigenvalue weighted by atomic mass is 127. The highest BCUT2D eigenvalue weighted by Crippen LogP contribution is 2.38. The van der Waals surface area contributed by atoms with Crippen molar-refractivity contribution in [2.24, 2.45) is 0 Å². The zero-order valence-corrected chi connectivity index (χ0v) is 24.7. The quantitative estimate of drug-likeness (QED) is 0.138. The average molecular weight is 697 g/mol. The van der Waals surface area contributed by atoms with E-state index in [-0.39, 0.29) is 39.8 Å². The van der Waals surface area contributed by atoms with E-state index in [1.165, 1.54) is 6.08 Å². The first-order valence-corrected chi connectivity index (χ1v) is 13.8. The van der Waals surface area contributed by atoms with Gasteiger partial charge >= 0.3 is 0 Å². The molecule has 0 aromatic heterocycles. The molecule has 0 radical (unpaired) electrons. The minimum Gasteiger partial charge on any atom is -0.490 e. The molecule has 39 heavy (non-hydrogen) atoms. The fourth-order valence-corrected chi connectivity index (χ4v) is 5.40. The van der Waals surface area contributed by atoms with Gasteiger partial charge in [0.05, 0.1) is 25.9 Å². The Bertz CT molecular complexity index is 1550. The Morgan fingerprint density at radius 1 is 1.10 bits per heavy atom. The van der Waals surface area contributed by atoms with Crippen LogP contribution in [0.15, 0.2) is 54.1 Å². The van der Waals surface area contributed by atoms with Crippen LogP contribution in [0.5, 0.6) is 23.0 Å². The molecule has 200 valence electrons. The van der Waals surface area contributed by atoms with Crippen molar-refractivity contribution >= 4 is 86.7 Å². The molecule has 3 aromatic carbocycles. The SMILES string of the molecule is CCOc1cc(/C=C2\C(=O)NC(=S)N(c3cccc(Cl)c3Cl)C2=O)cc(I)c1OCc1ccc2c(c1)OCO2. The van der Waals surface area contributed by atoms with E-state index in [0.717, 1.165) is 14.0 Å². The van der Waals surface area contributed by atoms with Crippen LogP contribution in [0, 0.1) is 3.57 Å². The number of hydrogen-bond acceptors (Lipinski definition) is 7. The number of carbonyl (C=O) groups is 2. The second kappa shape index (κ2) is 11.6. The summed E-state index contributed by atoms with van der Waals surface area (Å²) in [4.78, 5) is 27.4. The zero-order valence-electron chi connectivity index (χ0n) is 20.3. The lowest BCUT2D eigenvalue weighted by Crippen LogP contribution is -2.54. The van der Waals surface area contributed by atoms with E-state index in [2.05, 4.69) is 27.9 Å². The van der Waals surface area contributed by atoms with Crippen LogP contribution >= 0.6 is 58.0 Å². The number of rotatable bonds is 7. The Morgan fingerprint density at radius 3 is 2.69 bits per heavy atom. The van der Waals surface area contributed by atoms with Crippen molar-refractivity contribution in [3.63, 3.8) is 0 Å². The maximum atomic E-state index is 13.4. The Kier molecular flexibility index (Phi) is 8.17. The zero-order chi connectivity index (χ0) is 27.7. The van der Waals surface area contributed by atoms with E-state index in [4.69, 9.17) is 54.4 Å². The van der Waals surface area contributed by atoms with Gasteiger partial charge in [-0.05, 0) is 95.3 Å². The number of amides is 2. The number of thiocarbonyl (C=S) groups is 1. The molecule has 1 saturated heterocycles. The van der Waals surface area contributed by atoms with Crippen LogP contribution in [-0.2, 0) is 16.2 Å². The normalized spacial score (nSPS) is 15.5. The van der Waals surface area contributed by atoms with Gasteiger partial charge < -0.3 is 18.9 Å². The van der Waals surface area contributed by atoms with E-state index < -0.39 is 11.8 Å². The molecule has 2 aliphatic heterocycles. The highest BCUT2D eigenvalue weighted by Gasteiger charge is 2.36. The largest absolute Gasteiger partial charge is 0.490 e. The lowest BCUT2D eigenvalue weighted by atomic mass is 10.1. The lowest BCUT2D eigenvalue weighted by Gasteiger charge is -2.29. The van der Waals surface area contributed by atoms with Gasteiger partial charge in [-0.3, -0.25) is 19.8 Å². The van der Waals surface area contributed by atoms with Gasteiger partial charge in [0.15, 0.2) is 28.1 Å². The Hall–Kier alpha value is -3.06. The van der Waals surface area contributed by atoms with Crippen molar-refractivity contribution in [3.8, 4) is 23.0 Å². The first-order valence-electron chi connectivity index (χ1n) is 11.6. The second-order valence-electron chi connectivity index (χ2n) is 8.27. The van der Waals surface area contributed by atoms with Crippen molar-refractivity contribution < 1.29 is 28.5 Å². The molecular formula is C27H19Cl2IN2O6S. The summed E-state index contributed by atoms with van der Waals surface area (Å²) in [5, 5.41) is 2.84. The second-order valence-corrected chi connectivity index (χ2v) is 10.6. The number of anilines is 1. The standard InChI is InChI=1S/C27H19Cl2IN2O6S/c1-2-35-22-11-15(9-18(30)24(22)36-12-14-6-7-20-21(10-14)38-13-37-20)8-16-25(33)31-27(39)32(26(16)34)19-5-3-4-17(28)23(19)29/h3-11H,2,12-13H2,1H3,(H,31,33,39)/b16-8+. The molecule has 2 amide bonds. The monoisotopic (exact) mass is 696 g/mol. The van der Waals surface area contributed by atoms with E-state index in [1.54, 1.807) is 30.3 Å². The van der Waals surface area contributed by atoms with Crippen LogP contribution in [0.3, 0.4) is 0 Å². The number of fused-ring (bicyclic) bond motifs is 1. The van der Waals surface area contributed by atoms with Crippen LogP contribution in [0.2, 0.25) is 10.0 Å². The Balaban J connectivity index is 1.44. The summed E-state index contributed by atoms with van der Waals surface area (Å²) < 4.78 is 23.5. The van der Waals surface area contributed by atoms with Gasteiger partial charge in [0.1, 0.15) is 12.2 Å². The number of hydrogen-bond donors (Lipinski definition) is 1. The molecule has 0 unspecified atom stereocenters. The first-order chi connectivity index (χ1) is 18.8. The Morgan fingerprint density at radius 2 is 1.90 bits per heavy atom. The summed E-state index contributed by atoms with van der Waals surface area (Å²) in [6.45, 7) is 2.69. The molecule has 12 heteroatoms. The molecule has 2 heterocycles. The lowest BCUT2D eigenvalue weighted by molar-refractivity contribution is -0.122. The summed E-state index contributed by atoms with van der Waals surface area (Å²) >= 11 is 19.9. The number of ether oxygens (including phenoxy) is 4. The third-order valence-electron chi connectivity index (χ3n) is 5.74. The van der Waals surface area contributed by atoms with E-state index in [9.17, 15) is 9.59 Å². The minimum atomic E-state index is -0.635. The topological polar surface area (TPSA) is 86.3 Å². The van der Waals surface area contributed by atoms with Gasteiger partial charge in [-0.1, -0.05) is 35.3 Å². The summed E-state index contributed by atoms with van der Waals surface area (Å²) in [7, 11) is 0. The van der Waals surface area contributed by atoms with Gasteiger partial charge in [0, 0.05) is 0 Å². The van der Waals surface area contributed by atoms with Gasteiger partial charge in [-0.2, -0.15) is 0 Å². The minimum absolute atomic E-state index is 0.0943. The van der Waals surface area contributed by atoms with Crippen molar-refractivity contribution in [3.05, 3.63) is 78.8 Å². The summed E-state index contributed by atoms with van der Waals surface area (Å²) in [6.07, 6.45) is 1.47. The third-order valence-corrected chi connectivity index (χ3v) is 7.63. The molecular weight excluding hydrogens is 678 g/mol. The summed E-state index contributed by atoms with van der Waals surface area (Å²) in [5.41, 5.74) is 1.58. The first kappa shape index (κ1) is 27.5. The number of carbonyl (C=O) groups excluding carboxylic acids is 2. The molecule has 0 spiro atoms. The maximum Gasteiger partial charge on any atom is 0.270 e. The summed E-state index contributed by atoms with van der Waals surface area (Å²) in [5.74, 6) is 1.09. The van der Waals surface area contributed by atoms with Crippen molar-refractivity contribution in [1.29, 1.82) is 0 Å². The molecule has 8 nitrogen and oxygen atoms in total. The van der Waals surface area contributed by atoms with Crippen LogP contribution in [-0.4, -0.2) is 30.3 Å². The maximum absolute atomic E-state index is 13.4. The van der Waals surface area contributed by atoms with E-state index >= 15 is 0 Å². The molecule has 3 aromatic rings. The van der Waals surface area contributed by atoms with Crippen molar-refractivity contribution in [1.82, 2.24) is 5.32 Å². The third kappa shape index (κ3) is 5.65. The molecule has 0 aliphatic carbocycles. The summed E-state index contributed by atoms with van der Waals surface area (Å²) in [6, 6.07) is 13.9. The molecule has 0 saturated carbocycles. The smallest absolute Gasteiger partial charge is 0.270 e. The molecule has 0 bridgehead atoms. The van der Waals surface area contributed by atoms with Gasteiger partial charge in [-0.15, -0.1) is 0 Å².